The molecule has 0 radical (unpaired) electrons. The lowest BCUT2D eigenvalue weighted by Crippen LogP contribution is -2.54. The van der Waals surface area contributed by atoms with Crippen LogP contribution in [0.3, 0.4) is 0 Å². The van der Waals surface area contributed by atoms with Crippen LogP contribution in [-0.4, -0.2) is 58.1 Å². The Morgan fingerprint density at radius 3 is 2.55 bits per heavy atom. The van der Waals surface area contributed by atoms with E-state index < -0.39 is 0 Å². The fourth-order valence-corrected chi connectivity index (χ4v) is 2.68. The number of nitrogens with zero attached hydrogens (tertiary/aromatic N) is 5. The normalized spacial score (nSPS) is 19.1. The molecule has 1 atom stereocenters. The highest BCUT2D eigenvalue weighted by Gasteiger charge is 2.26. The zero-order valence-corrected chi connectivity index (χ0v) is 12.0. The Morgan fingerprint density at radius 2 is 2.00 bits per heavy atom. The third-order valence-electron chi connectivity index (χ3n) is 3.75. The molecule has 3 N–H and O–H groups in total. The topological polar surface area (TPSA) is 90.9 Å². The number of aryl methyl sites for hydroxylation is 1. The molecule has 0 spiro atoms. The average molecular weight is 278 g/mol. The SMILES string of the molecule is CCC(C(N)=NO)N1CCN(c2nccnc2C)CC1. The van der Waals surface area contributed by atoms with Gasteiger partial charge in [0.25, 0.3) is 0 Å². The van der Waals surface area contributed by atoms with E-state index in [0.717, 1.165) is 44.1 Å². The standard InChI is InChI=1S/C13H22N6O/c1-3-11(12(14)17-20)18-6-8-19(9-7-18)13-10(2)15-4-5-16-13/h4-5,11,20H,3,6-9H2,1-2H3,(H2,14,17). The maximum absolute atomic E-state index is 8.84. The maximum atomic E-state index is 8.84. The largest absolute Gasteiger partial charge is 0.409 e. The van der Waals surface area contributed by atoms with Crippen molar-refractivity contribution in [3.63, 3.8) is 0 Å². The summed E-state index contributed by atoms with van der Waals surface area (Å²) >= 11 is 0. The van der Waals surface area contributed by atoms with Gasteiger partial charge in [0.2, 0.25) is 0 Å². The van der Waals surface area contributed by atoms with Crippen molar-refractivity contribution in [2.45, 2.75) is 26.3 Å². The summed E-state index contributed by atoms with van der Waals surface area (Å²) in [6.45, 7) is 7.49. The van der Waals surface area contributed by atoms with E-state index in [2.05, 4.69) is 24.9 Å². The summed E-state index contributed by atoms with van der Waals surface area (Å²) < 4.78 is 0. The molecule has 0 aliphatic carbocycles. The van der Waals surface area contributed by atoms with E-state index in [-0.39, 0.29) is 11.9 Å². The Morgan fingerprint density at radius 1 is 1.35 bits per heavy atom. The van der Waals surface area contributed by atoms with Crippen molar-refractivity contribution in [3.05, 3.63) is 18.1 Å². The van der Waals surface area contributed by atoms with E-state index in [0.29, 0.717) is 0 Å². The molecule has 7 nitrogen and oxygen atoms in total. The first-order valence-electron chi connectivity index (χ1n) is 6.91. The highest BCUT2D eigenvalue weighted by Crippen LogP contribution is 2.17. The molecule has 1 aliphatic heterocycles. The van der Waals surface area contributed by atoms with Crippen LogP contribution in [0.1, 0.15) is 19.0 Å². The van der Waals surface area contributed by atoms with E-state index in [1.807, 2.05) is 13.8 Å². The Hall–Kier alpha value is -1.89. The summed E-state index contributed by atoms with van der Waals surface area (Å²) in [4.78, 5) is 13.2. The van der Waals surface area contributed by atoms with E-state index >= 15 is 0 Å². The summed E-state index contributed by atoms with van der Waals surface area (Å²) in [6, 6.07) is 0.00473. The summed E-state index contributed by atoms with van der Waals surface area (Å²) in [5.41, 5.74) is 6.70. The Labute approximate surface area is 119 Å². The van der Waals surface area contributed by atoms with Gasteiger partial charge in [-0.1, -0.05) is 12.1 Å². The molecule has 0 bridgehead atoms. The zero-order valence-electron chi connectivity index (χ0n) is 12.0. The second-order valence-corrected chi connectivity index (χ2v) is 4.94. The molecule has 7 heteroatoms. The van der Waals surface area contributed by atoms with Crippen LogP contribution in [0.2, 0.25) is 0 Å². The van der Waals surface area contributed by atoms with Crippen LogP contribution in [0.4, 0.5) is 5.82 Å². The molecule has 1 aromatic rings. The zero-order chi connectivity index (χ0) is 14.5. The number of piperazine rings is 1. The van der Waals surface area contributed by atoms with Gasteiger partial charge in [0.1, 0.15) is 5.82 Å². The molecule has 0 amide bonds. The predicted molar refractivity (Wildman–Crippen MR) is 78.0 cm³/mol. The van der Waals surface area contributed by atoms with Crippen LogP contribution in [0.25, 0.3) is 0 Å². The number of rotatable bonds is 4. The summed E-state index contributed by atoms with van der Waals surface area (Å²) in [7, 11) is 0. The van der Waals surface area contributed by atoms with Crippen LogP contribution in [-0.2, 0) is 0 Å². The second kappa shape index (κ2) is 6.51. The lowest BCUT2D eigenvalue weighted by atomic mass is 10.1. The molecule has 1 saturated heterocycles. The Balaban J connectivity index is 2.00. The molecular formula is C13H22N6O. The highest BCUT2D eigenvalue weighted by atomic mass is 16.4. The number of amidine groups is 1. The summed E-state index contributed by atoms with van der Waals surface area (Å²) in [6.07, 6.45) is 4.26. The van der Waals surface area contributed by atoms with E-state index in [1.165, 1.54) is 0 Å². The van der Waals surface area contributed by atoms with Gasteiger partial charge in [-0.25, -0.2) is 4.98 Å². The molecule has 110 valence electrons. The van der Waals surface area contributed by atoms with Gasteiger partial charge in [0.05, 0.1) is 11.7 Å². The minimum Gasteiger partial charge on any atom is -0.409 e. The Kier molecular flexibility index (Phi) is 4.73. The summed E-state index contributed by atoms with van der Waals surface area (Å²) in [5, 5.41) is 12.0. The molecular weight excluding hydrogens is 256 g/mol. The third-order valence-corrected chi connectivity index (χ3v) is 3.75. The van der Waals surface area contributed by atoms with Gasteiger partial charge in [-0.3, -0.25) is 9.88 Å². The molecule has 2 heterocycles. The highest BCUT2D eigenvalue weighted by molar-refractivity contribution is 5.85. The van der Waals surface area contributed by atoms with Crippen LogP contribution in [0.5, 0.6) is 0 Å². The lowest BCUT2D eigenvalue weighted by Gasteiger charge is -2.39. The number of anilines is 1. The maximum Gasteiger partial charge on any atom is 0.156 e. The molecule has 20 heavy (non-hydrogen) atoms. The van der Waals surface area contributed by atoms with Gasteiger partial charge in [0.15, 0.2) is 5.84 Å². The first kappa shape index (κ1) is 14.5. The Bertz CT molecular complexity index is 470. The van der Waals surface area contributed by atoms with Crippen molar-refractivity contribution < 1.29 is 5.21 Å². The minimum atomic E-state index is 0.00473. The smallest absolute Gasteiger partial charge is 0.156 e. The van der Waals surface area contributed by atoms with Crippen molar-refractivity contribution >= 4 is 11.7 Å². The molecule has 0 aromatic carbocycles. The second-order valence-electron chi connectivity index (χ2n) is 4.94. The molecule has 1 aliphatic rings. The first-order chi connectivity index (χ1) is 9.67. The molecule has 1 fully saturated rings. The number of hydrogen-bond acceptors (Lipinski definition) is 6. The average Bonchev–Trinajstić information content (AvgIpc) is 2.49. The van der Waals surface area contributed by atoms with Crippen molar-refractivity contribution in [1.29, 1.82) is 0 Å². The summed E-state index contributed by atoms with van der Waals surface area (Å²) in [5.74, 6) is 1.24. The molecule has 0 saturated carbocycles. The van der Waals surface area contributed by atoms with Crippen molar-refractivity contribution in [2.24, 2.45) is 10.9 Å². The first-order valence-corrected chi connectivity index (χ1v) is 6.91. The van der Waals surface area contributed by atoms with Gasteiger partial charge in [0, 0.05) is 38.6 Å². The fraction of sp³-hybridized carbons (Fsp3) is 0.615. The fourth-order valence-electron chi connectivity index (χ4n) is 2.68. The van der Waals surface area contributed by atoms with Crippen molar-refractivity contribution in [2.75, 3.05) is 31.1 Å². The number of hydrogen-bond donors (Lipinski definition) is 2. The van der Waals surface area contributed by atoms with E-state index in [4.69, 9.17) is 10.9 Å². The predicted octanol–water partition coefficient (Wildman–Crippen LogP) is 0.432. The van der Waals surface area contributed by atoms with Gasteiger partial charge in [-0.05, 0) is 13.3 Å². The van der Waals surface area contributed by atoms with Crippen LogP contribution in [0, 0.1) is 6.92 Å². The van der Waals surface area contributed by atoms with E-state index in [9.17, 15) is 0 Å². The minimum absolute atomic E-state index is 0.00473. The monoisotopic (exact) mass is 278 g/mol. The van der Waals surface area contributed by atoms with Crippen molar-refractivity contribution in [3.8, 4) is 0 Å². The lowest BCUT2D eigenvalue weighted by molar-refractivity contribution is 0.215. The van der Waals surface area contributed by atoms with Gasteiger partial charge in [-0.2, -0.15) is 0 Å². The van der Waals surface area contributed by atoms with Crippen LogP contribution in [0.15, 0.2) is 17.5 Å². The van der Waals surface area contributed by atoms with Crippen molar-refractivity contribution in [1.82, 2.24) is 14.9 Å². The number of aromatic nitrogens is 2. The molecule has 1 unspecified atom stereocenters. The third kappa shape index (κ3) is 2.98. The quantitative estimate of drug-likeness (QED) is 0.359. The molecule has 2 rings (SSSR count). The number of oxime groups is 1. The van der Waals surface area contributed by atoms with Crippen LogP contribution >= 0.6 is 0 Å². The van der Waals surface area contributed by atoms with Crippen LogP contribution < -0.4 is 10.6 Å². The van der Waals surface area contributed by atoms with Gasteiger partial charge in [-0.15, -0.1) is 0 Å². The number of nitrogens with two attached hydrogens (primary N) is 1. The van der Waals surface area contributed by atoms with Gasteiger partial charge < -0.3 is 15.8 Å². The molecule has 1 aromatic heterocycles. The van der Waals surface area contributed by atoms with E-state index in [1.54, 1.807) is 12.4 Å². The van der Waals surface area contributed by atoms with Gasteiger partial charge >= 0.3 is 0 Å².